The van der Waals surface area contributed by atoms with E-state index < -0.39 is 0 Å². The maximum atomic E-state index is 12.0. The molecule has 0 radical (unpaired) electrons. The fourth-order valence-corrected chi connectivity index (χ4v) is 2.12. The molecule has 0 atom stereocenters. The van der Waals surface area contributed by atoms with Crippen LogP contribution >= 0.6 is 0 Å². The third-order valence-corrected chi connectivity index (χ3v) is 3.17. The number of rotatable bonds is 4. The summed E-state index contributed by atoms with van der Waals surface area (Å²) in [5, 5.41) is 10.7. The smallest absolute Gasteiger partial charge is 0.273 e. The second-order valence-corrected chi connectivity index (χ2v) is 4.92. The molecule has 7 heteroatoms. The van der Waals surface area contributed by atoms with Crippen molar-refractivity contribution in [3.05, 3.63) is 53.8 Å². The Labute approximate surface area is 127 Å². The van der Waals surface area contributed by atoms with Crippen molar-refractivity contribution in [2.45, 2.75) is 13.5 Å². The minimum Gasteiger partial charge on any atom is -0.361 e. The third kappa shape index (κ3) is 2.88. The first-order chi connectivity index (χ1) is 10.6. The molecule has 0 unspecified atom stereocenters. The average molecular weight is 297 g/mol. The zero-order valence-electron chi connectivity index (χ0n) is 12.3. The molecule has 3 aromatic heterocycles. The fourth-order valence-electron chi connectivity index (χ4n) is 2.12. The van der Waals surface area contributed by atoms with E-state index in [1.54, 1.807) is 30.1 Å². The summed E-state index contributed by atoms with van der Waals surface area (Å²) in [5.41, 5.74) is 2.88. The molecule has 1 N–H and O–H groups in total. The van der Waals surface area contributed by atoms with Gasteiger partial charge in [0.15, 0.2) is 5.69 Å². The maximum absolute atomic E-state index is 12.0. The number of pyridine rings is 1. The van der Waals surface area contributed by atoms with Gasteiger partial charge < -0.3 is 9.84 Å². The molecule has 3 rings (SSSR count). The molecule has 0 aliphatic rings. The standard InChI is InChI=1S/C15H15N5O2/c1-10-6-13(19-22-10)15(21)17-7-11-4-3-5-16-14(11)12-8-18-20(2)9-12/h3-6,8-9H,7H2,1-2H3,(H,17,21). The van der Waals surface area contributed by atoms with Gasteiger partial charge in [-0.2, -0.15) is 5.10 Å². The lowest BCUT2D eigenvalue weighted by Crippen LogP contribution is -2.23. The highest BCUT2D eigenvalue weighted by Gasteiger charge is 2.13. The van der Waals surface area contributed by atoms with Gasteiger partial charge in [0.05, 0.1) is 11.9 Å². The summed E-state index contributed by atoms with van der Waals surface area (Å²) in [5.74, 6) is 0.320. The maximum Gasteiger partial charge on any atom is 0.273 e. The van der Waals surface area contributed by atoms with E-state index in [0.29, 0.717) is 12.3 Å². The fraction of sp³-hybridized carbons (Fsp3) is 0.200. The molecular formula is C15H15N5O2. The first-order valence-electron chi connectivity index (χ1n) is 6.78. The van der Waals surface area contributed by atoms with Crippen LogP contribution in [0.4, 0.5) is 0 Å². The first-order valence-corrected chi connectivity index (χ1v) is 6.78. The number of hydrogen-bond acceptors (Lipinski definition) is 5. The first kappa shape index (κ1) is 14.0. The van der Waals surface area contributed by atoms with Crippen molar-refractivity contribution in [2.75, 3.05) is 0 Å². The molecule has 3 aromatic rings. The third-order valence-electron chi connectivity index (χ3n) is 3.17. The van der Waals surface area contributed by atoms with E-state index in [1.165, 1.54) is 0 Å². The largest absolute Gasteiger partial charge is 0.361 e. The Morgan fingerprint density at radius 2 is 2.32 bits per heavy atom. The van der Waals surface area contributed by atoms with Gasteiger partial charge in [-0.1, -0.05) is 11.2 Å². The summed E-state index contributed by atoms with van der Waals surface area (Å²) >= 11 is 0. The molecule has 0 saturated carbocycles. The highest BCUT2D eigenvalue weighted by molar-refractivity contribution is 5.92. The predicted octanol–water partition coefficient (Wildman–Crippen LogP) is 1.71. The number of nitrogens with zero attached hydrogens (tertiary/aromatic N) is 4. The molecule has 0 aromatic carbocycles. The van der Waals surface area contributed by atoms with Crippen LogP contribution in [0.15, 0.2) is 41.3 Å². The highest BCUT2D eigenvalue weighted by atomic mass is 16.5. The van der Waals surface area contributed by atoms with Gasteiger partial charge in [-0.05, 0) is 18.6 Å². The van der Waals surface area contributed by atoms with Crippen molar-refractivity contribution in [1.82, 2.24) is 25.2 Å². The molecule has 0 fully saturated rings. The Morgan fingerprint density at radius 3 is 3.00 bits per heavy atom. The van der Waals surface area contributed by atoms with Gasteiger partial charge >= 0.3 is 0 Å². The molecule has 0 aliphatic carbocycles. The quantitative estimate of drug-likeness (QED) is 0.792. The van der Waals surface area contributed by atoms with Crippen molar-refractivity contribution < 1.29 is 9.32 Å². The molecule has 0 bridgehead atoms. The molecule has 7 nitrogen and oxygen atoms in total. The number of aromatic nitrogens is 4. The van der Waals surface area contributed by atoms with Crippen LogP contribution < -0.4 is 5.32 Å². The number of nitrogens with one attached hydrogen (secondary N) is 1. The van der Waals surface area contributed by atoms with Crippen LogP contribution in [0.1, 0.15) is 21.8 Å². The molecule has 1 amide bonds. The van der Waals surface area contributed by atoms with Gasteiger partial charge in [-0.3, -0.25) is 14.5 Å². The van der Waals surface area contributed by atoms with Crippen LogP contribution in [0, 0.1) is 6.92 Å². The van der Waals surface area contributed by atoms with E-state index >= 15 is 0 Å². The average Bonchev–Trinajstić information content (AvgIpc) is 3.14. The van der Waals surface area contributed by atoms with Gasteiger partial charge in [0.2, 0.25) is 0 Å². The Balaban J connectivity index is 1.77. The van der Waals surface area contributed by atoms with Gasteiger partial charge in [0.1, 0.15) is 5.76 Å². The lowest BCUT2D eigenvalue weighted by molar-refractivity contribution is 0.0942. The van der Waals surface area contributed by atoms with E-state index in [0.717, 1.165) is 16.8 Å². The molecule has 112 valence electrons. The molecule has 3 heterocycles. The van der Waals surface area contributed by atoms with Crippen molar-refractivity contribution in [3.63, 3.8) is 0 Å². The summed E-state index contributed by atoms with van der Waals surface area (Å²) in [6.45, 7) is 2.09. The van der Waals surface area contributed by atoms with Crippen LogP contribution in [0.5, 0.6) is 0 Å². The van der Waals surface area contributed by atoms with Gasteiger partial charge in [0, 0.05) is 37.6 Å². The van der Waals surface area contributed by atoms with E-state index in [9.17, 15) is 4.79 Å². The second-order valence-electron chi connectivity index (χ2n) is 4.92. The molecule has 22 heavy (non-hydrogen) atoms. The number of amides is 1. The van der Waals surface area contributed by atoms with Crippen LogP contribution in [0.25, 0.3) is 11.3 Å². The van der Waals surface area contributed by atoms with Crippen LogP contribution in [-0.4, -0.2) is 25.8 Å². The van der Waals surface area contributed by atoms with E-state index in [2.05, 4.69) is 20.6 Å². The lowest BCUT2D eigenvalue weighted by atomic mass is 10.1. The normalized spacial score (nSPS) is 10.6. The second kappa shape index (κ2) is 5.80. The summed E-state index contributed by atoms with van der Waals surface area (Å²) in [6, 6.07) is 5.35. The minimum atomic E-state index is -0.280. The number of carbonyl (C=O) groups excluding carboxylic acids is 1. The number of aryl methyl sites for hydroxylation is 2. The Bertz CT molecular complexity index is 806. The monoisotopic (exact) mass is 297 g/mol. The number of hydrogen-bond donors (Lipinski definition) is 1. The topological polar surface area (TPSA) is 85.8 Å². The summed E-state index contributed by atoms with van der Waals surface area (Å²) in [4.78, 5) is 16.4. The van der Waals surface area contributed by atoms with Crippen molar-refractivity contribution >= 4 is 5.91 Å². The van der Waals surface area contributed by atoms with Crippen LogP contribution in [0.2, 0.25) is 0 Å². The summed E-state index contributed by atoms with van der Waals surface area (Å²) in [7, 11) is 1.85. The van der Waals surface area contributed by atoms with Crippen molar-refractivity contribution in [1.29, 1.82) is 0 Å². The van der Waals surface area contributed by atoms with E-state index in [1.807, 2.05) is 25.4 Å². The van der Waals surface area contributed by atoms with E-state index in [4.69, 9.17) is 4.52 Å². The highest BCUT2D eigenvalue weighted by Crippen LogP contribution is 2.20. The molecule has 0 aliphatic heterocycles. The Morgan fingerprint density at radius 1 is 1.45 bits per heavy atom. The number of carbonyl (C=O) groups is 1. The van der Waals surface area contributed by atoms with Crippen LogP contribution in [0.3, 0.4) is 0 Å². The zero-order valence-corrected chi connectivity index (χ0v) is 12.3. The molecule has 0 spiro atoms. The lowest BCUT2D eigenvalue weighted by Gasteiger charge is -2.07. The van der Waals surface area contributed by atoms with Gasteiger partial charge in [0.25, 0.3) is 5.91 Å². The summed E-state index contributed by atoms with van der Waals surface area (Å²) < 4.78 is 6.61. The van der Waals surface area contributed by atoms with E-state index in [-0.39, 0.29) is 11.6 Å². The SMILES string of the molecule is Cc1cc(C(=O)NCc2cccnc2-c2cnn(C)c2)no1. The minimum absolute atomic E-state index is 0.268. The van der Waals surface area contributed by atoms with Gasteiger partial charge in [-0.25, -0.2) is 0 Å². The molecular weight excluding hydrogens is 282 g/mol. The summed E-state index contributed by atoms with van der Waals surface area (Å²) in [6.07, 6.45) is 5.35. The molecule has 0 saturated heterocycles. The predicted molar refractivity (Wildman–Crippen MR) is 78.8 cm³/mol. The van der Waals surface area contributed by atoms with Crippen molar-refractivity contribution in [3.8, 4) is 11.3 Å². The zero-order chi connectivity index (χ0) is 15.5. The Hall–Kier alpha value is -2.96. The van der Waals surface area contributed by atoms with Crippen molar-refractivity contribution in [2.24, 2.45) is 7.05 Å². The Kier molecular flexibility index (Phi) is 3.69. The van der Waals surface area contributed by atoms with Crippen LogP contribution in [-0.2, 0) is 13.6 Å². The van der Waals surface area contributed by atoms with Gasteiger partial charge in [-0.15, -0.1) is 0 Å².